The third kappa shape index (κ3) is 5.57. The Labute approximate surface area is 210 Å². The van der Waals surface area contributed by atoms with Gasteiger partial charge in [0.25, 0.3) is 5.91 Å². The van der Waals surface area contributed by atoms with E-state index < -0.39 is 0 Å². The highest BCUT2D eigenvalue weighted by molar-refractivity contribution is 8.00. The van der Waals surface area contributed by atoms with Crippen molar-refractivity contribution in [3.05, 3.63) is 119 Å². The van der Waals surface area contributed by atoms with Crippen molar-refractivity contribution >= 4 is 29.3 Å². The minimum atomic E-state index is -0.160. The summed E-state index contributed by atoms with van der Waals surface area (Å²) in [6, 6.07) is 25.8. The van der Waals surface area contributed by atoms with Gasteiger partial charge in [0, 0.05) is 10.5 Å². The van der Waals surface area contributed by atoms with E-state index in [-0.39, 0.29) is 17.9 Å². The van der Waals surface area contributed by atoms with Crippen LogP contribution in [0.2, 0.25) is 0 Å². The molecule has 5 rings (SSSR count). The summed E-state index contributed by atoms with van der Waals surface area (Å²) in [6.45, 7) is 0.536. The van der Waals surface area contributed by atoms with Crippen LogP contribution in [-0.4, -0.2) is 24.1 Å². The number of nitrogens with zero attached hydrogens (tertiary/aromatic N) is 1. The first-order valence-electron chi connectivity index (χ1n) is 12.0. The summed E-state index contributed by atoms with van der Waals surface area (Å²) in [5.74, 6) is 0.353. The average Bonchev–Trinajstić information content (AvgIpc) is 2.91. The molecule has 0 aromatic heterocycles. The summed E-state index contributed by atoms with van der Waals surface area (Å²) in [6.07, 6.45) is 9.18. The van der Waals surface area contributed by atoms with E-state index in [0.29, 0.717) is 24.3 Å². The second kappa shape index (κ2) is 10.8. The summed E-state index contributed by atoms with van der Waals surface area (Å²) in [5.41, 5.74) is 4.74. The van der Waals surface area contributed by atoms with Crippen LogP contribution >= 0.6 is 11.8 Å². The molecule has 5 heteroatoms. The summed E-state index contributed by atoms with van der Waals surface area (Å²) < 4.78 is 0. The van der Waals surface area contributed by atoms with Gasteiger partial charge < -0.3 is 10.2 Å². The van der Waals surface area contributed by atoms with Gasteiger partial charge in [0.05, 0.1) is 24.0 Å². The molecule has 3 aromatic carbocycles. The highest BCUT2D eigenvalue weighted by atomic mass is 32.2. The van der Waals surface area contributed by atoms with Crippen LogP contribution in [0.3, 0.4) is 0 Å². The molecule has 1 atom stereocenters. The van der Waals surface area contributed by atoms with Crippen LogP contribution in [0.4, 0.5) is 5.69 Å². The quantitative estimate of drug-likeness (QED) is 0.444. The molecule has 0 saturated carbocycles. The molecule has 1 N–H and O–H groups in total. The minimum absolute atomic E-state index is 0.0752. The number of allylic oxidation sites excluding steroid dienone is 2. The van der Waals surface area contributed by atoms with Crippen LogP contribution in [0.15, 0.2) is 108 Å². The zero-order valence-corrected chi connectivity index (χ0v) is 20.3. The Morgan fingerprint density at radius 2 is 1.74 bits per heavy atom. The summed E-state index contributed by atoms with van der Waals surface area (Å²) in [5, 5.41) is 3.24. The molecule has 3 aromatic rings. The van der Waals surface area contributed by atoms with Crippen molar-refractivity contribution in [2.75, 3.05) is 17.2 Å². The lowest BCUT2D eigenvalue weighted by Gasteiger charge is -2.30. The van der Waals surface area contributed by atoms with E-state index in [0.717, 1.165) is 40.1 Å². The standard InChI is InChI=1S/C30H28N2O2S/c33-29-21-35-28-17-16-25(19-27(28)32(29)20-23-12-6-2-7-13-23)30(34)31-26(24-14-8-3-9-15-24)18-22-10-4-1-5-11-22/h1,3-6,8-17,19,26H,2,7,18,20-21H2,(H,31,34). The highest BCUT2D eigenvalue weighted by Crippen LogP contribution is 2.37. The highest BCUT2D eigenvalue weighted by Gasteiger charge is 2.27. The van der Waals surface area contributed by atoms with E-state index in [1.54, 1.807) is 0 Å². The molecule has 176 valence electrons. The van der Waals surface area contributed by atoms with Crippen molar-refractivity contribution in [3.63, 3.8) is 0 Å². The Bertz CT molecular complexity index is 1270. The molecule has 0 fully saturated rings. The number of nitrogens with one attached hydrogen (secondary N) is 1. The Morgan fingerprint density at radius 3 is 2.49 bits per heavy atom. The van der Waals surface area contributed by atoms with Crippen LogP contribution in [0.1, 0.15) is 40.4 Å². The summed E-state index contributed by atoms with van der Waals surface area (Å²) >= 11 is 1.54. The number of hydrogen-bond acceptors (Lipinski definition) is 3. The molecule has 1 aliphatic heterocycles. The molecule has 0 bridgehead atoms. The monoisotopic (exact) mass is 480 g/mol. The lowest BCUT2D eigenvalue weighted by atomic mass is 9.98. The summed E-state index contributed by atoms with van der Waals surface area (Å²) in [7, 11) is 0. The molecule has 2 aliphatic rings. The molecule has 4 nitrogen and oxygen atoms in total. The Balaban J connectivity index is 1.40. The van der Waals surface area contributed by atoms with Crippen LogP contribution in [0, 0.1) is 0 Å². The number of thioether (sulfide) groups is 1. The van der Waals surface area contributed by atoms with E-state index >= 15 is 0 Å². The van der Waals surface area contributed by atoms with Gasteiger partial charge in [-0.1, -0.05) is 78.9 Å². The van der Waals surface area contributed by atoms with Gasteiger partial charge in [-0.2, -0.15) is 0 Å². The van der Waals surface area contributed by atoms with Crippen molar-refractivity contribution in [2.45, 2.75) is 30.2 Å². The number of anilines is 1. The topological polar surface area (TPSA) is 49.4 Å². The van der Waals surface area contributed by atoms with Crippen LogP contribution in [-0.2, 0) is 11.2 Å². The maximum absolute atomic E-state index is 13.4. The Kier molecular flexibility index (Phi) is 7.15. The number of carbonyl (C=O) groups excluding carboxylic acids is 2. The maximum atomic E-state index is 13.4. The van der Waals surface area contributed by atoms with Gasteiger partial charge >= 0.3 is 0 Å². The van der Waals surface area contributed by atoms with Crippen molar-refractivity contribution in [1.82, 2.24) is 5.32 Å². The number of carbonyl (C=O) groups is 2. The SMILES string of the molecule is O=C(NC(Cc1ccccc1)c1ccccc1)c1ccc2c(c1)N(CC1=CCCC=C1)C(=O)CS2. The smallest absolute Gasteiger partial charge is 0.251 e. The van der Waals surface area contributed by atoms with Crippen molar-refractivity contribution < 1.29 is 9.59 Å². The molecule has 2 amide bonds. The fourth-order valence-electron chi connectivity index (χ4n) is 4.51. The molecular weight excluding hydrogens is 452 g/mol. The van der Waals surface area contributed by atoms with E-state index in [1.165, 1.54) is 11.8 Å². The van der Waals surface area contributed by atoms with Crippen LogP contribution < -0.4 is 10.2 Å². The average molecular weight is 481 g/mol. The van der Waals surface area contributed by atoms with Gasteiger partial charge in [-0.3, -0.25) is 9.59 Å². The zero-order chi connectivity index (χ0) is 24.0. The third-order valence-electron chi connectivity index (χ3n) is 6.37. The number of amides is 2. The van der Waals surface area contributed by atoms with Crippen LogP contribution in [0.5, 0.6) is 0 Å². The first kappa shape index (κ1) is 23.2. The largest absolute Gasteiger partial charge is 0.345 e. The van der Waals surface area contributed by atoms with Crippen molar-refractivity contribution in [3.8, 4) is 0 Å². The van der Waals surface area contributed by atoms with E-state index in [2.05, 4.69) is 35.7 Å². The van der Waals surface area contributed by atoms with Gasteiger partial charge in [0.15, 0.2) is 0 Å². The number of benzene rings is 3. The van der Waals surface area contributed by atoms with Gasteiger partial charge in [-0.05, 0) is 54.2 Å². The Hall–Kier alpha value is -3.57. The number of rotatable bonds is 7. The van der Waals surface area contributed by atoms with Gasteiger partial charge in [0.2, 0.25) is 5.91 Å². The fourth-order valence-corrected chi connectivity index (χ4v) is 5.43. The predicted octanol–water partition coefficient (Wildman–Crippen LogP) is 6.12. The van der Waals surface area contributed by atoms with Gasteiger partial charge in [0.1, 0.15) is 0 Å². The van der Waals surface area contributed by atoms with E-state index in [1.807, 2.05) is 71.6 Å². The first-order valence-corrected chi connectivity index (χ1v) is 13.0. The normalized spacial score (nSPS) is 15.8. The van der Waals surface area contributed by atoms with Crippen molar-refractivity contribution in [2.24, 2.45) is 0 Å². The van der Waals surface area contributed by atoms with E-state index in [9.17, 15) is 9.59 Å². The maximum Gasteiger partial charge on any atom is 0.251 e. The number of hydrogen-bond donors (Lipinski definition) is 1. The number of fused-ring (bicyclic) bond motifs is 1. The summed E-state index contributed by atoms with van der Waals surface area (Å²) in [4.78, 5) is 29.1. The molecule has 1 heterocycles. The lowest BCUT2D eigenvalue weighted by molar-refractivity contribution is -0.116. The lowest BCUT2D eigenvalue weighted by Crippen LogP contribution is -2.37. The second-order valence-corrected chi connectivity index (χ2v) is 9.85. The van der Waals surface area contributed by atoms with Crippen LogP contribution in [0.25, 0.3) is 0 Å². The van der Waals surface area contributed by atoms with Gasteiger partial charge in [-0.25, -0.2) is 0 Å². The molecule has 0 saturated heterocycles. The molecule has 1 unspecified atom stereocenters. The zero-order valence-electron chi connectivity index (χ0n) is 19.5. The molecule has 0 spiro atoms. The van der Waals surface area contributed by atoms with E-state index in [4.69, 9.17) is 0 Å². The molecular formula is C30H28N2O2S. The predicted molar refractivity (Wildman–Crippen MR) is 143 cm³/mol. The first-order chi connectivity index (χ1) is 17.2. The minimum Gasteiger partial charge on any atom is -0.345 e. The molecule has 0 radical (unpaired) electrons. The third-order valence-corrected chi connectivity index (χ3v) is 7.41. The molecule has 35 heavy (non-hydrogen) atoms. The fraction of sp³-hybridized carbons (Fsp3) is 0.200. The molecule has 1 aliphatic carbocycles. The van der Waals surface area contributed by atoms with Gasteiger partial charge in [-0.15, -0.1) is 11.8 Å². The Morgan fingerprint density at radius 1 is 0.971 bits per heavy atom. The van der Waals surface area contributed by atoms with Crippen molar-refractivity contribution in [1.29, 1.82) is 0 Å². The second-order valence-electron chi connectivity index (χ2n) is 8.84.